The van der Waals surface area contributed by atoms with Gasteiger partial charge >= 0.3 is 30.5 Å². The Morgan fingerprint density at radius 3 is 1.97 bits per heavy atom. The fourth-order valence-corrected chi connectivity index (χ4v) is 5.68. The van der Waals surface area contributed by atoms with Crippen molar-refractivity contribution in [3.63, 3.8) is 0 Å². The first kappa shape index (κ1) is 47.7. The number of morpholine rings is 1. The van der Waals surface area contributed by atoms with Gasteiger partial charge in [0.15, 0.2) is 0 Å². The molecule has 2 aliphatic heterocycles. The number of piperazine rings is 1. The van der Waals surface area contributed by atoms with Crippen molar-refractivity contribution in [2.75, 3.05) is 62.7 Å². The predicted octanol–water partition coefficient (Wildman–Crippen LogP) is 6.81. The first-order chi connectivity index (χ1) is 28.6. The maximum absolute atomic E-state index is 13.2. The number of aliphatic carboxylic acids is 2. The number of carboxylic acid groups (broad SMARTS) is 2. The molecule has 0 aliphatic carbocycles. The zero-order valence-corrected chi connectivity index (χ0v) is 32.1. The summed E-state index contributed by atoms with van der Waals surface area (Å²) in [5, 5.41) is 20.3. The van der Waals surface area contributed by atoms with E-state index in [4.69, 9.17) is 34.3 Å². The molecular formula is C39H39F9N6O7. The molecule has 2 aliphatic rings. The van der Waals surface area contributed by atoms with Gasteiger partial charge in [0.05, 0.1) is 30.7 Å². The minimum atomic E-state index is -5.08. The van der Waals surface area contributed by atoms with Crippen LogP contribution in [-0.2, 0) is 33.7 Å². The molecule has 4 heterocycles. The van der Waals surface area contributed by atoms with E-state index in [0.29, 0.717) is 50.2 Å². The van der Waals surface area contributed by atoms with Crippen molar-refractivity contribution in [1.82, 2.24) is 20.2 Å². The van der Waals surface area contributed by atoms with Crippen LogP contribution in [0.1, 0.15) is 32.7 Å². The Morgan fingerprint density at radius 1 is 0.803 bits per heavy atom. The third kappa shape index (κ3) is 14.9. The van der Waals surface area contributed by atoms with Crippen LogP contribution in [-0.4, -0.2) is 108 Å². The van der Waals surface area contributed by atoms with Gasteiger partial charge in [-0.3, -0.25) is 14.7 Å². The van der Waals surface area contributed by atoms with Crippen LogP contribution in [0, 0.1) is 6.92 Å². The van der Waals surface area contributed by atoms with E-state index >= 15 is 0 Å². The molecule has 22 heteroatoms. The summed E-state index contributed by atoms with van der Waals surface area (Å²) >= 11 is 0. The molecular weight excluding hydrogens is 835 g/mol. The number of carboxylic acids is 2. The summed E-state index contributed by atoms with van der Waals surface area (Å²) in [6.07, 6.45) is -11.5. The number of rotatable bonds is 9. The fourth-order valence-electron chi connectivity index (χ4n) is 5.68. The monoisotopic (exact) mass is 874 g/mol. The lowest BCUT2D eigenvalue weighted by atomic mass is 10.0. The summed E-state index contributed by atoms with van der Waals surface area (Å²) in [4.78, 5) is 44.4. The van der Waals surface area contributed by atoms with Gasteiger partial charge in [0.2, 0.25) is 5.88 Å². The average molecular weight is 875 g/mol. The molecule has 2 aromatic heterocycles. The number of benzene rings is 2. The number of aryl methyl sites for hydroxylation is 1. The molecule has 0 saturated carbocycles. The number of amides is 1. The van der Waals surface area contributed by atoms with Gasteiger partial charge in [0.1, 0.15) is 12.3 Å². The molecule has 4 aromatic rings. The lowest BCUT2D eigenvalue weighted by Gasteiger charge is -2.30. The van der Waals surface area contributed by atoms with E-state index in [9.17, 15) is 44.3 Å². The van der Waals surface area contributed by atoms with E-state index in [0.717, 1.165) is 67.2 Å². The molecule has 13 nitrogen and oxygen atoms in total. The lowest BCUT2D eigenvalue weighted by Crippen LogP contribution is -2.42. The number of nitrogens with zero attached hydrogens (tertiary/aromatic N) is 4. The maximum Gasteiger partial charge on any atom is 0.490 e. The largest absolute Gasteiger partial charge is 0.490 e. The number of hydrogen-bond acceptors (Lipinski definition) is 10. The zero-order valence-electron chi connectivity index (χ0n) is 32.1. The standard InChI is InChI=1S/C35H37F3N6O3.2C2HF3O2/c1-24-31(19-30(21-40-24)42-33(45)27-3-2-4-29(17-27)35(36,37)38)28-18-32(44-13-15-46-16-14-44)34(41-20-28)47-23-26-7-5-25(6-8-26)22-43-11-9-39-10-12-43;2*3-2(4,5)1(6)7/h2-8,17-21,39H,9-16,22-23H2,1H3,(H,42,45);2*(H,6,7). The van der Waals surface area contributed by atoms with Crippen molar-refractivity contribution < 1.29 is 73.6 Å². The van der Waals surface area contributed by atoms with Gasteiger partial charge in [-0.15, -0.1) is 0 Å². The van der Waals surface area contributed by atoms with Crippen LogP contribution in [0.2, 0.25) is 0 Å². The number of carbonyl (C=O) groups is 3. The summed E-state index contributed by atoms with van der Waals surface area (Å²) in [5.41, 5.74) is 4.67. The molecule has 2 aromatic carbocycles. The second kappa shape index (κ2) is 21.0. The number of halogens is 9. The second-order valence-electron chi connectivity index (χ2n) is 13.3. The first-order valence-corrected chi connectivity index (χ1v) is 18.1. The van der Waals surface area contributed by atoms with Crippen molar-refractivity contribution in [3.8, 4) is 17.0 Å². The Morgan fingerprint density at radius 2 is 1.39 bits per heavy atom. The van der Waals surface area contributed by atoms with Gasteiger partial charge in [0, 0.05) is 74.4 Å². The van der Waals surface area contributed by atoms with Gasteiger partial charge in [-0.1, -0.05) is 30.3 Å². The topological polar surface area (TPSA) is 166 Å². The fraction of sp³-hybridized carbons (Fsp3) is 0.359. The van der Waals surface area contributed by atoms with Gasteiger partial charge in [-0.25, -0.2) is 14.6 Å². The van der Waals surface area contributed by atoms with Crippen molar-refractivity contribution in [2.24, 2.45) is 0 Å². The molecule has 1 amide bonds. The van der Waals surface area contributed by atoms with Crippen molar-refractivity contribution in [3.05, 3.63) is 101 Å². The molecule has 6 rings (SSSR count). The third-order valence-electron chi connectivity index (χ3n) is 8.79. The number of nitrogens with one attached hydrogen (secondary N) is 2. The van der Waals surface area contributed by atoms with Gasteiger partial charge in [-0.05, 0) is 48.4 Å². The smallest absolute Gasteiger partial charge is 0.475 e. The van der Waals surface area contributed by atoms with E-state index in [2.05, 4.69) is 49.7 Å². The van der Waals surface area contributed by atoms with Crippen molar-refractivity contribution in [1.29, 1.82) is 0 Å². The lowest BCUT2D eigenvalue weighted by molar-refractivity contribution is -0.193. The highest BCUT2D eigenvalue weighted by Gasteiger charge is 2.39. The number of anilines is 2. The summed E-state index contributed by atoms with van der Waals surface area (Å²) in [7, 11) is 0. The predicted molar refractivity (Wildman–Crippen MR) is 201 cm³/mol. The number of aromatic nitrogens is 2. The molecule has 0 unspecified atom stereocenters. The Bertz CT molecular complexity index is 2080. The molecule has 0 spiro atoms. The van der Waals surface area contributed by atoms with Gasteiger partial charge < -0.3 is 35.2 Å². The van der Waals surface area contributed by atoms with Gasteiger partial charge in [-0.2, -0.15) is 39.5 Å². The van der Waals surface area contributed by atoms with Crippen LogP contribution >= 0.6 is 0 Å². The number of hydrogen-bond donors (Lipinski definition) is 4. The number of ether oxygens (including phenoxy) is 2. The molecule has 0 radical (unpaired) electrons. The summed E-state index contributed by atoms with van der Waals surface area (Å²) < 4.78 is 115. The van der Waals surface area contributed by atoms with E-state index < -0.39 is 41.9 Å². The number of alkyl halides is 9. The minimum absolute atomic E-state index is 0.103. The van der Waals surface area contributed by atoms with Crippen LogP contribution in [0.15, 0.2) is 73.1 Å². The zero-order chi connectivity index (χ0) is 45.0. The third-order valence-corrected chi connectivity index (χ3v) is 8.79. The normalized spacial score (nSPS) is 14.8. The molecule has 61 heavy (non-hydrogen) atoms. The Balaban J connectivity index is 0.000000504. The van der Waals surface area contributed by atoms with E-state index in [1.54, 1.807) is 12.3 Å². The summed E-state index contributed by atoms with van der Waals surface area (Å²) in [5.74, 6) is -5.68. The maximum atomic E-state index is 13.2. The highest BCUT2D eigenvalue weighted by molar-refractivity contribution is 6.04. The van der Waals surface area contributed by atoms with E-state index in [1.807, 2.05) is 13.0 Å². The SMILES string of the molecule is Cc1ncc(NC(=O)c2cccc(C(F)(F)F)c2)cc1-c1cnc(OCc2ccc(CN3CCNCC3)cc2)c(N2CCOCC2)c1.O=C(O)C(F)(F)F.O=C(O)C(F)(F)F. The van der Waals surface area contributed by atoms with Crippen molar-refractivity contribution in [2.45, 2.75) is 38.6 Å². The molecule has 330 valence electrons. The number of carbonyl (C=O) groups excluding carboxylic acids is 1. The quantitative estimate of drug-likeness (QED) is 0.130. The summed E-state index contributed by atoms with van der Waals surface area (Å²) in [6, 6.07) is 16.5. The number of pyridine rings is 2. The Labute approximate surface area is 342 Å². The Kier molecular flexibility index (Phi) is 16.4. The average Bonchev–Trinajstić information content (AvgIpc) is 3.21. The first-order valence-electron chi connectivity index (χ1n) is 18.1. The molecule has 0 bridgehead atoms. The highest BCUT2D eigenvalue weighted by Crippen LogP contribution is 2.35. The van der Waals surface area contributed by atoms with Crippen LogP contribution in [0.25, 0.3) is 11.1 Å². The van der Waals surface area contributed by atoms with Crippen LogP contribution in [0.3, 0.4) is 0 Å². The minimum Gasteiger partial charge on any atom is -0.475 e. The van der Waals surface area contributed by atoms with Crippen LogP contribution in [0.4, 0.5) is 50.9 Å². The van der Waals surface area contributed by atoms with Gasteiger partial charge in [0.25, 0.3) is 5.91 Å². The molecule has 2 saturated heterocycles. The molecule has 4 N–H and O–H groups in total. The molecule has 2 fully saturated rings. The summed E-state index contributed by atoms with van der Waals surface area (Å²) in [6.45, 7) is 9.77. The van der Waals surface area contributed by atoms with E-state index in [-0.39, 0.29) is 5.56 Å². The highest BCUT2D eigenvalue weighted by atomic mass is 19.4. The van der Waals surface area contributed by atoms with Crippen LogP contribution in [0.5, 0.6) is 5.88 Å². The molecule has 0 atom stereocenters. The Hall–Kier alpha value is -6.00. The van der Waals surface area contributed by atoms with Crippen LogP contribution < -0.4 is 20.3 Å². The van der Waals surface area contributed by atoms with E-state index in [1.165, 1.54) is 23.9 Å². The second-order valence-corrected chi connectivity index (χ2v) is 13.3. The van der Waals surface area contributed by atoms with Crippen molar-refractivity contribution >= 4 is 29.2 Å².